The van der Waals surface area contributed by atoms with Crippen LogP contribution in [0.15, 0.2) is 31.0 Å². The van der Waals surface area contributed by atoms with Gasteiger partial charge in [0.1, 0.15) is 12.1 Å². The highest BCUT2D eigenvalue weighted by atomic mass is 15.3. The second kappa shape index (κ2) is 5.68. The van der Waals surface area contributed by atoms with Gasteiger partial charge in [-0.15, -0.1) is 0 Å². The van der Waals surface area contributed by atoms with Crippen LogP contribution in [-0.2, 0) is 6.54 Å². The van der Waals surface area contributed by atoms with Gasteiger partial charge in [0.25, 0.3) is 0 Å². The molecule has 0 saturated carbocycles. The van der Waals surface area contributed by atoms with Crippen molar-refractivity contribution in [3.63, 3.8) is 0 Å². The van der Waals surface area contributed by atoms with Crippen molar-refractivity contribution in [2.24, 2.45) is 11.8 Å². The van der Waals surface area contributed by atoms with E-state index in [0.29, 0.717) is 0 Å². The van der Waals surface area contributed by atoms with E-state index in [-0.39, 0.29) is 0 Å². The first kappa shape index (κ1) is 13.7. The first-order valence-electron chi connectivity index (χ1n) is 8.01. The maximum Gasteiger partial charge on any atom is 0.134 e. The van der Waals surface area contributed by atoms with Gasteiger partial charge in [0.15, 0.2) is 0 Å². The molecule has 4 heterocycles. The number of hydrogen-bond donors (Lipinski definition) is 0. The fourth-order valence-electron chi connectivity index (χ4n) is 3.85. The Balaban J connectivity index is 1.34. The summed E-state index contributed by atoms with van der Waals surface area (Å²) in [6.45, 7) is 8.84. The van der Waals surface area contributed by atoms with E-state index in [2.05, 4.69) is 31.8 Å². The van der Waals surface area contributed by atoms with Crippen molar-refractivity contribution in [3.05, 3.63) is 36.5 Å². The largest absolute Gasteiger partial charge is 0.356 e. The zero-order valence-corrected chi connectivity index (χ0v) is 13.0. The molecule has 2 fully saturated rings. The summed E-state index contributed by atoms with van der Waals surface area (Å²) in [5, 5.41) is 4.28. The number of rotatable bonds is 4. The molecule has 2 aromatic rings. The SMILES string of the molecule is Cc1cncnc1N1CC2CN(CCn3cccn3)CC2C1. The van der Waals surface area contributed by atoms with E-state index >= 15 is 0 Å². The molecule has 6 nitrogen and oxygen atoms in total. The molecule has 2 atom stereocenters. The second-order valence-electron chi connectivity index (χ2n) is 6.48. The van der Waals surface area contributed by atoms with Gasteiger partial charge in [-0.3, -0.25) is 4.68 Å². The lowest BCUT2D eigenvalue weighted by molar-refractivity contribution is 0.296. The van der Waals surface area contributed by atoms with Crippen LogP contribution in [0.2, 0.25) is 0 Å². The standard InChI is InChI=1S/C16H22N6/c1-13-7-17-12-18-16(13)21-10-14-8-20(9-15(14)11-21)5-6-22-4-2-3-19-22/h2-4,7,12,14-15H,5-6,8-11H2,1H3. The summed E-state index contributed by atoms with van der Waals surface area (Å²) < 4.78 is 2.02. The summed E-state index contributed by atoms with van der Waals surface area (Å²) in [7, 11) is 0. The van der Waals surface area contributed by atoms with Crippen LogP contribution < -0.4 is 4.90 Å². The molecule has 2 aromatic heterocycles. The van der Waals surface area contributed by atoms with Crippen LogP contribution >= 0.6 is 0 Å². The number of aromatic nitrogens is 4. The smallest absolute Gasteiger partial charge is 0.134 e. The summed E-state index contributed by atoms with van der Waals surface area (Å²) in [5.41, 5.74) is 1.18. The number of aryl methyl sites for hydroxylation is 1. The first-order valence-corrected chi connectivity index (χ1v) is 8.01. The average molecular weight is 298 g/mol. The monoisotopic (exact) mass is 298 g/mol. The van der Waals surface area contributed by atoms with Crippen molar-refractivity contribution >= 4 is 5.82 Å². The number of likely N-dealkylation sites (tertiary alicyclic amines) is 1. The molecule has 2 saturated heterocycles. The molecule has 0 radical (unpaired) electrons. The van der Waals surface area contributed by atoms with Crippen LogP contribution in [0.1, 0.15) is 5.56 Å². The lowest BCUT2D eigenvalue weighted by Crippen LogP contribution is -2.31. The van der Waals surface area contributed by atoms with Crippen LogP contribution in [0.25, 0.3) is 0 Å². The van der Waals surface area contributed by atoms with Crippen molar-refractivity contribution in [1.82, 2.24) is 24.6 Å². The first-order chi connectivity index (χ1) is 10.8. The Labute approximate surface area is 130 Å². The van der Waals surface area contributed by atoms with Crippen LogP contribution in [0.3, 0.4) is 0 Å². The Morgan fingerprint density at radius 2 is 1.95 bits per heavy atom. The molecule has 0 spiro atoms. The van der Waals surface area contributed by atoms with E-state index in [1.807, 2.05) is 29.3 Å². The summed E-state index contributed by atoms with van der Waals surface area (Å²) in [5.74, 6) is 2.66. The van der Waals surface area contributed by atoms with E-state index in [0.717, 1.165) is 43.8 Å². The van der Waals surface area contributed by atoms with Gasteiger partial charge < -0.3 is 9.80 Å². The molecule has 6 heteroatoms. The van der Waals surface area contributed by atoms with Gasteiger partial charge in [-0.25, -0.2) is 9.97 Å². The zero-order valence-electron chi connectivity index (χ0n) is 13.0. The van der Waals surface area contributed by atoms with E-state index in [1.54, 1.807) is 6.33 Å². The third kappa shape index (κ3) is 2.59. The second-order valence-corrected chi connectivity index (χ2v) is 6.48. The van der Waals surface area contributed by atoms with Crippen molar-refractivity contribution in [2.75, 3.05) is 37.6 Å². The fraction of sp³-hybridized carbons (Fsp3) is 0.562. The maximum atomic E-state index is 4.47. The van der Waals surface area contributed by atoms with Crippen molar-refractivity contribution in [1.29, 1.82) is 0 Å². The highest BCUT2D eigenvalue weighted by Crippen LogP contribution is 2.33. The topological polar surface area (TPSA) is 50.1 Å². The van der Waals surface area contributed by atoms with Crippen LogP contribution in [0.5, 0.6) is 0 Å². The summed E-state index contributed by atoms with van der Waals surface area (Å²) in [6.07, 6.45) is 7.46. The molecule has 22 heavy (non-hydrogen) atoms. The molecule has 4 rings (SSSR count). The molecule has 2 unspecified atom stereocenters. The van der Waals surface area contributed by atoms with Gasteiger partial charge >= 0.3 is 0 Å². The molecule has 0 amide bonds. The quantitative estimate of drug-likeness (QED) is 0.844. The van der Waals surface area contributed by atoms with Gasteiger partial charge in [-0.2, -0.15) is 5.10 Å². The molecule has 0 bridgehead atoms. The van der Waals surface area contributed by atoms with Gasteiger partial charge in [-0.05, 0) is 24.8 Å². The summed E-state index contributed by atoms with van der Waals surface area (Å²) >= 11 is 0. The van der Waals surface area contributed by atoms with Gasteiger partial charge in [0.05, 0.1) is 6.54 Å². The average Bonchev–Trinajstić information content (AvgIpc) is 3.21. The number of anilines is 1. The third-order valence-corrected chi connectivity index (χ3v) is 4.93. The summed E-state index contributed by atoms with van der Waals surface area (Å²) in [4.78, 5) is 13.6. The summed E-state index contributed by atoms with van der Waals surface area (Å²) in [6, 6.07) is 1.99. The number of nitrogens with zero attached hydrogens (tertiary/aromatic N) is 6. The van der Waals surface area contributed by atoms with Crippen LogP contribution in [-0.4, -0.2) is 57.4 Å². The Hall–Kier alpha value is -1.95. The lowest BCUT2D eigenvalue weighted by Gasteiger charge is -2.23. The van der Waals surface area contributed by atoms with Crippen molar-refractivity contribution in [2.45, 2.75) is 13.5 Å². The Kier molecular flexibility index (Phi) is 3.54. The predicted molar refractivity (Wildman–Crippen MR) is 84.6 cm³/mol. The van der Waals surface area contributed by atoms with Gasteiger partial charge in [0.2, 0.25) is 0 Å². The molecular formula is C16H22N6. The van der Waals surface area contributed by atoms with Crippen molar-refractivity contribution < 1.29 is 0 Å². The Morgan fingerprint density at radius 1 is 1.14 bits per heavy atom. The van der Waals surface area contributed by atoms with Crippen molar-refractivity contribution in [3.8, 4) is 0 Å². The minimum absolute atomic E-state index is 0.770. The molecule has 0 aliphatic carbocycles. The molecule has 116 valence electrons. The van der Waals surface area contributed by atoms with Crippen LogP contribution in [0.4, 0.5) is 5.82 Å². The fourth-order valence-corrected chi connectivity index (χ4v) is 3.85. The van der Waals surface area contributed by atoms with Gasteiger partial charge in [-0.1, -0.05) is 0 Å². The third-order valence-electron chi connectivity index (χ3n) is 4.93. The Bertz CT molecular complexity index is 611. The lowest BCUT2D eigenvalue weighted by atomic mass is 10.0. The highest BCUT2D eigenvalue weighted by Gasteiger charge is 2.40. The molecular weight excluding hydrogens is 276 g/mol. The maximum absolute atomic E-state index is 4.47. The van der Waals surface area contributed by atoms with E-state index in [9.17, 15) is 0 Å². The normalized spacial score (nSPS) is 24.9. The molecule has 2 aliphatic heterocycles. The van der Waals surface area contributed by atoms with E-state index < -0.39 is 0 Å². The predicted octanol–water partition coefficient (Wildman–Crippen LogP) is 1.05. The van der Waals surface area contributed by atoms with E-state index in [1.165, 1.54) is 18.7 Å². The van der Waals surface area contributed by atoms with Crippen LogP contribution in [0, 0.1) is 18.8 Å². The number of fused-ring (bicyclic) bond motifs is 1. The molecule has 0 aromatic carbocycles. The highest BCUT2D eigenvalue weighted by molar-refractivity contribution is 5.46. The Morgan fingerprint density at radius 3 is 2.64 bits per heavy atom. The van der Waals surface area contributed by atoms with E-state index in [4.69, 9.17) is 0 Å². The molecule has 2 aliphatic rings. The number of hydrogen-bond acceptors (Lipinski definition) is 5. The zero-order chi connectivity index (χ0) is 14.9. The van der Waals surface area contributed by atoms with Gasteiger partial charge in [0, 0.05) is 56.9 Å². The molecule has 0 N–H and O–H groups in total. The minimum atomic E-state index is 0.770. The minimum Gasteiger partial charge on any atom is -0.356 e.